The van der Waals surface area contributed by atoms with Gasteiger partial charge in [0, 0.05) is 35.2 Å². The summed E-state index contributed by atoms with van der Waals surface area (Å²) in [6.45, 7) is 1.82. The molecule has 29 heavy (non-hydrogen) atoms. The molecule has 1 aliphatic heterocycles. The molecule has 0 atom stereocenters. The fourth-order valence-corrected chi connectivity index (χ4v) is 4.53. The Morgan fingerprint density at radius 1 is 1.28 bits per heavy atom. The number of ether oxygens (including phenoxy) is 1. The molecule has 2 aromatic heterocycles. The van der Waals surface area contributed by atoms with Gasteiger partial charge in [-0.15, -0.1) is 0 Å². The van der Waals surface area contributed by atoms with Crippen molar-refractivity contribution in [2.24, 2.45) is 5.10 Å². The summed E-state index contributed by atoms with van der Waals surface area (Å²) in [6.07, 6.45) is 5.51. The molecule has 4 rings (SSSR count). The van der Waals surface area contributed by atoms with Gasteiger partial charge in [0.1, 0.15) is 11.3 Å². The highest BCUT2D eigenvalue weighted by atomic mass is 79.9. The monoisotopic (exact) mass is 520 g/mol. The van der Waals surface area contributed by atoms with E-state index >= 15 is 0 Å². The lowest BCUT2D eigenvalue weighted by Crippen LogP contribution is -2.24. The molecule has 0 unspecified atom stereocenters. The molecule has 1 fully saturated rings. The predicted molar refractivity (Wildman–Crippen MR) is 119 cm³/mol. The van der Waals surface area contributed by atoms with Gasteiger partial charge in [0.15, 0.2) is 18.2 Å². The van der Waals surface area contributed by atoms with E-state index in [9.17, 15) is 4.79 Å². The van der Waals surface area contributed by atoms with E-state index in [4.69, 9.17) is 9.15 Å². The molecule has 3 aromatic rings. The van der Waals surface area contributed by atoms with Crippen LogP contribution in [0.4, 0.5) is 5.88 Å². The maximum atomic E-state index is 12.1. The molecule has 1 N–H and O–H groups in total. The number of nitrogens with one attached hydrogen (secondary N) is 1. The minimum absolute atomic E-state index is 0.194. The summed E-state index contributed by atoms with van der Waals surface area (Å²) in [4.78, 5) is 18.6. The third-order valence-electron chi connectivity index (χ3n) is 4.51. The van der Waals surface area contributed by atoms with Crippen LogP contribution in [0, 0.1) is 0 Å². The molecule has 0 spiro atoms. The summed E-state index contributed by atoms with van der Waals surface area (Å²) in [5.41, 5.74) is 3.11. The molecule has 150 valence electrons. The van der Waals surface area contributed by atoms with E-state index in [1.165, 1.54) is 19.1 Å². The van der Waals surface area contributed by atoms with Crippen molar-refractivity contribution in [3.05, 3.63) is 51.2 Å². The minimum atomic E-state index is -0.383. The van der Waals surface area contributed by atoms with Crippen molar-refractivity contribution < 1.29 is 13.9 Å². The number of hydrogen-bond acceptors (Lipinski definition) is 6. The molecule has 3 heterocycles. The lowest BCUT2D eigenvalue weighted by molar-refractivity contribution is -0.123. The van der Waals surface area contributed by atoms with Crippen LogP contribution in [0.1, 0.15) is 18.6 Å². The number of halogens is 2. The number of anilines is 1. The average molecular weight is 522 g/mol. The quantitative estimate of drug-likeness (QED) is 0.382. The summed E-state index contributed by atoms with van der Waals surface area (Å²) < 4.78 is 13.0. The zero-order chi connectivity index (χ0) is 20.2. The first kappa shape index (κ1) is 19.9. The van der Waals surface area contributed by atoms with Gasteiger partial charge >= 0.3 is 0 Å². The maximum Gasteiger partial charge on any atom is 0.277 e. The SMILES string of the molecule is O=C(COc1c(Br)cc(Br)c2cccnc12)N/N=C/c1ccc(N2CCCC2)o1. The highest BCUT2D eigenvalue weighted by molar-refractivity contribution is 9.11. The van der Waals surface area contributed by atoms with Gasteiger partial charge in [0.2, 0.25) is 0 Å². The molecule has 1 aromatic carbocycles. The zero-order valence-corrected chi connectivity index (χ0v) is 18.6. The zero-order valence-electron chi connectivity index (χ0n) is 15.4. The number of fused-ring (bicyclic) bond motifs is 1. The van der Waals surface area contributed by atoms with Gasteiger partial charge in [-0.1, -0.05) is 22.0 Å². The Morgan fingerprint density at radius 2 is 2.10 bits per heavy atom. The number of hydrogen-bond donors (Lipinski definition) is 1. The molecule has 0 saturated carbocycles. The Labute approximate surface area is 184 Å². The predicted octanol–water partition coefficient (Wildman–Crippen LogP) is 4.48. The first-order chi connectivity index (χ1) is 14.1. The molecular weight excluding hydrogens is 504 g/mol. The second kappa shape index (κ2) is 8.96. The largest absolute Gasteiger partial charge is 0.480 e. The fraction of sp³-hybridized carbons (Fsp3) is 0.250. The third kappa shape index (κ3) is 4.62. The van der Waals surface area contributed by atoms with Crippen molar-refractivity contribution in [1.82, 2.24) is 10.4 Å². The van der Waals surface area contributed by atoms with Gasteiger partial charge in [0.05, 0.1) is 10.7 Å². The van der Waals surface area contributed by atoms with Gasteiger partial charge in [0.25, 0.3) is 5.91 Å². The number of aromatic nitrogens is 1. The highest BCUT2D eigenvalue weighted by Crippen LogP contribution is 2.37. The van der Waals surface area contributed by atoms with Crippen molar-refractivity contribution in [2.75, 3.05) is 24.6 Å². The molecule has 0 radical (unpaired) electrons. The van der Waals surface area contributed by atoms with E-state index in [1.807, 2.05) is 30.3 Å². The van der Waals surface area contributed by atoms with Crippen LogP contribution < -0.4 is 15.1 Å². The van der Waals surface area contributed by atoms with Gasteiger partial charge in [-0.3, -0.25) is 9.78 Å². The van der Waals surface area contributed by atoms with Gasteiger partial charge in [-0.05, 0) is 47.0 Å². The van der Waals surface area contributed by atoms with Gasteiger partial charge in [-0.2, -0.15) is 5.10 Å². The first-order valence-corrected chi connectivity index (χ1v) is 10.7. The summed E-state index contributed by atoms with van der Waals surface area (Å²) in [5, 5.41) is 4.84. The second-order valence-electron chi connectivity index (χ2n) is 6.52. The minimum Gasteiger partial charge on any atom is -0.480 e. The normalized spacial score (nSPS) is 14.1. The summed E-state index contributed by atoms with van der Waals surface area (Å²) >= 11 is 6.96. The summed E-state index contributed by atoms with van der Waals surface area (Å²) in [5.74, 6) is 1.53. The van der Waals surface area contributed by atoms with Gasteiger partial charge < -0.3 is 14.1 Å². The number of furan rings is 1. The fourth-order valence-electron chi connectivity index (χ4n) is 3.14. The second-order valence-corrected chi connectivity index (χ2v) is 8.23. The number of nitrogens with zero attached hydrogens (tertiary/aromatic N) is 3. The molecule has 1 aliphatic rings. The van der Waals surface area contributed by atoms with Gasteiger partial charge in [-0.25, -0.2) is 5.43 Å². The Kier molecular flexibility index (Phi) is 6.15. The Hall–Kier alpha value is -2.39. The van der Waals surface area contributed by atoms with Crippen molar-refractivity contribution >= 4 is 60.8 Å². The van der Waals surface area contributed by atoms with Crippen molar-refractivity contribution in [1.29, 1.82) is 0 Å². The van der Waals surface area contributed by atoms with Crippen molar-refractivity contribution in [2.45, 2.75) is 12.8 Å². The molecule has 1 saturated heterocycles. The lowest BCUT2D eigenvalue weighted by Gasteiger charge is -2.12. The third-order valence-corrected chi connectivity index (χ3v) is 5.75. The molecule has 9 heteroatoms. The summed E-state index contributed by atoms with van der Waals surface area (Å²) in [7, 11) is 0. The highest BCUT2D eigenvalue weighted by Gasteiger charge is 2.15. The Bertz CT molecular complexity index is 1060. The van der Waals surface area contributed by atoms with Crippen molar-refractivity contribution in [3.8, 4) is 5.75 Å². The van der Waals surface area contributed by atoms with Crippen molar-refractivity contribution in [3.63, 3.8) is 0 Å². The van der Waals surface area contributed by atoms with Crippen LogP contribution in [0.5, 0.6) is 5.75 Å². The number of rotatable bonds is 6. The van der Waals surface area contributed by atoms with E-state index in [2.05, 4.69) is 52.3 Å². The number of carbonyl (C=O) groups excluding carboxylic acids is 1. The number of benzene rings is 1. The van der Waals surface area contributed by atoms with E-state index in [0.717, 1.165) is 28.8 Å². The van der Waals surface area contributed by atoms with E-state index in [0.29, 0.717) is 21.5 Å². The molecule has 7 nitrogen and oxygen atoms in total. The smallest absolute Gasteiger partial charge is 0.277 e. The Morgan fingerprint density at radius 3 is 2.93 bits per heavy atom. The van der Waals surface area contributed by atoms with E-state index in [-0.39, 0.29) is 12.5 Å². The molecule has 0 aliphatic carbocycles. The number of carbonyl (C=O) groups is 1. The van der Waals surface area contributed by atoms with Crippen LogP contribution in [0.3, 0.4) is 0 Å². The van der Waals surface area contributed by atoms with E-state index in [1.54, 1.807) is 6.20 Å². The Balaban J connectivity index is 1.35. The maximum absolute atomic E-state index is 12.1. The standard InChI is InChI=1S/C20H18Br2N4O3/c21-15-10-16(22)20(19-14(15)4-3-7-23-19)28-12-17(27)25-24-11-13-5-6-18(29-13)26-8-1-2-9-26/h3-7,10-11H,1-2,8-9,12H2,(H,25,27)/b24-11+. The van der Waals surface area contributed by atoms with Crippen LogP contribution in [0.2, 0.25) is 0 Å². The number of pyridine rings is 1. The number of amides is 1. The van der Waals surface area contributed by atoms with Crippen LogP contribution in [-0.4, -0.2) is 36.8 Å². The molecule has 1 amide bonds. The summed E-state index contributed by atoms with van der Waals surface area (Å²) in [6, 6.07) is 9.38. The average Bonchev–Trinajstić information content (AvgIpc) is 3.40. The molecular formula is C20H18Br2N4O3. The topological polar surface area (TPSA) is 80.0 Å². The van der Waals surface area contributed by atoms with Crippen LogP contribution in [-0.2, 0) is 4.79 Å². The van der Waals surface area contributed by atoms with Crippen LogP contribution in [0.25, 0.3) is 10.9 Å². The van der Waals surface area contributed by atoms with Crippen LogP contribution >= 0.6 is 31.9 Å². The van der Waals surface area contributed by atoms with Crippen LogP contribution in [0.15, 0.2) is 55.0 Å². The first-order valence-electron chi connectivity index (χ1n) is 9.14. The molecule has 0 bridgehead atoms. The lowest BCUT2D eigenvalue weighted by atomic mass is 10.2. The number of hydrazone groups is 1. The van der Waals surface area contributed by atoms with E-state index < -0.39 is 0 Å².